The van der Waals surface area contributed by atoms with Crippen LogP contribution in [0.4, 0.5) is 0 Å². The van der Waals surface area contributed by atoms with E-state index in [0.29, 0.717) is 62.0 Å². The van der Waals surface area contributed by atoms with Crippen LogP contribution in [-0.2, 0) is 23.3 Å². The van der Waals surface area contributed by atoms with Gasteiger partial charge in [0.15, 0.2) is 0 Å². The molecule has 2 aliphatic heterocycles. The molecule has 4 aromatic rings. The zero-order chi connectivity index (χ0) is 34.3. The van der Waals surface area contributed by atoms with Crippen LogP contribution >= 0.6 is 15.9 Å². The number of fused-ring (bicyclic) bond motifs is 2. The van der Waals surface area contributed by atoms with Crippen molar-refractivity contribution in [1.29, 1.82) is 0 Å². The molecule has 9 nitrogen and oxygen atoms in total. The van der Waals surface area contributed by atoms with Crippen LogP contribution in [0.1, 0.15) is 51.3 Å². The topological polar surface area (TPSA) is 94.6 Å². The third-order valence-corrected chi connectivity index (χ3v) is 8.79. The maximum Gasteiger partial charge on any atom is 0.258 e. The molecule has 4 aromatic carbocycles. The molecule has 0 radical (unpaired) electrons. The van der Waals surface area contributed by atoms with Crippen LogP contribution in [0.5, 0.6) is 23.0 Å². The molecule has 250 valence electrons. The van der Waals surface area contributed by atoms with Gasteiger partial charge < -0.3 is 33.5 Å². The first-order chi connectivity index (χ1) is 23.1. The van der Waals surface area contributed by atoms with Gasteiger partial charge in [-0.25, -0.2) is 0 Å². The molecule has 0 unspecified atom stereocenters. The van der Waals surface area contributed by atoms with Crippen LogP contribution in [0.3, 0.4) is 0 Å². The first-order valence-electron chi connectivity index (χ1n) is 15.6. The summed E-state index contributed by atoms with van der Waals surface area (Å²) in [6, 6.07) is 26.3. The van der Waals surface area contributed by atoms with Gasteiger partial charge in [0, 0.05) is 23.0 Å². The van der Waals surface area contributed by atoms with Crippen molar-refractivity contribution in [2.24, 2.45) is 0 Å². The summed E-state index contributed by atoms with van der Waals surface area (Å²) in [4.78, 5) is 40.5. The second kappa shape index (κ2) is 15.4. The summed E-state index contributed by atoms with van der Waals surface area (Å²) in [7, 11) is 3.27. The van der Waals surface area contributed by atoms with Gasteiger partial charge >= 0.3 is 0 Å². The van der Waals surface area contributed by atoms with E-state index in [1.54, 1.807) is 37.3 Å². The Morgan fingerprint density at radius 3 is 1.62 bits per heavy atom. The molecular weight excluding hydrogens is 676 g/mol. The highest BCUT2D eigenvalue weighted by Gasteiger charge is 2.27. The molecule has 2 amide bonds. The monoisotopic (exact) mass is 714 g/mol. The first kappa shape index (κ1) is 34.5. The molecule has 0 N–H and O–H groups in total. The molecule has 0 spiro atoms. The first-order valence-corrected chi connectivity index (χ1v) is 16.4. The normalized spacial score (nSPS) is 14.2. The fourth-order valence-corrected chi connectivity index (χ4v) is 5.70. The molecule has 0 saturated heterocycles. The number of carbonyl (C=O) groups is 3. The lowest BCUT2D eigenvalue weighted by Gasteiger charge is -2.21. The van der Waals surface area contributed by atoms with E-state index in [9.17, 15) is 14.4 Å². The number of amides is 2. The molecule has 0 bridgehead atoms. The van der Waals surface area contributed by atoms with E-state index in [1.807, 2.05) is 85.5 Å². The van der Waals surface area contributed by atoms with Crippen molar-refractivity contribution in [3.8, 4) is 23.0 Å². The largest absolute Gasteiger partial charge is 0.497 e. The standard InChI is InChI=1S/C21H23NO4.C17H16BrNO3/c1-21(2,14-23)16-6-9-18-19(12-16)26-11-10-22(20(18)24)13-15-4-7-17(25-3)8-5-15;1-21-14-5-2-12(3-6-14)11-19-8-9-22-16-10-13(18)4-7-15(16)17(19)20/h4-9,12,14H,10-11,13H2,1-3H3;2-7,10H,8-9,11H2,1H3. The third-order valence-electron chi connectivity index (χ3n) is 8.30. The Kier molecular flexibility index (Phi) is 11.1. The Morgan fingerprint density at radius 1 is 0.708 bits per heavy atom. The molecule has 0 saturated carbocycles. The van der Waals surface area contributed by atoms with Gasteiger partial charge in [-0.1, -0.05) is 46.3 Å². The van der Waals surface area contributed by atoms with E-state index in [1.165, 1.54) is 0 Å². The Hall–Kier alpha value is -4.83. The lowest BCUT2D eigenvalue weighted by Crippen LogP contribution is -2.31. The SMILES string of the molecule is COc1ccc(CN2CCOc3cc(Br)ccc3C2=O)cc1.COc1ccc(CN2CCOc3cc(C(C)(C)C=O)ccc3C2=O)cc1. The molecule has 2 aliphatic rings. The molecule has 6 rings (SSSR count). The van der Waals surface area contributed by atoms with Crippen LogP contribution in [0.15, 0.2) is 89.4 Å². The smallest absolute Gasteiger partial charge is 0.258 e. The Balaban J connectivity index is 0.000000190. The van der Waals surface area contributed by atoms with Crippen LogP contribution in [0.2, 0.25) is 0 Å². The van der Waals surface area contributed by atoms with E-state index in [2.05, 4.69) is 15.9 Å². The number of halogens is 1. The second-order valence-corrected chi connectivity index (χ2v) is 13.0. The van der Waals surface area contributed by atoms with E-state index in [4.69, 9.17) is 18.9 Å². The van der Waals surface area contributed by atoms with Crippen molar-refractivity contribution in [3.05, 3.63) is 117 Å². The van der Waals surface area contributed by atoms with Gasteiger partial charge in [-0.2, -0.15) is 0 Å². The van der Waals surface area contributed by atoms with E-state index < -0.39 is 5.41 Å². The molecule has 2 heterocycles. The van der Waals surface area contributed by atoms with Crippen molar-refractivity contribution in [1.82, 2.24) is 9.80 Å². The van der Waals surface area contributed by atoms with Gasteiger partial charge in [0.1, 0.15) is 42.5 Å². The number of hydrogen-bond acceptors (Lipinski definition) is 7. The molecule has 0 aromatic heterocycles. The maximum absolute atomic E-state index is 12.9. The van der Waals surface area contributed by atoms with Crippen molar-refractivity contribution in [3.63, 3.8) is 0 Å². The molecule has 0 fully saturated rings. The minimum absolute atomic E-state index is 0.00387. The zero-order valence-electron chi connectivity index (χ0n) is 27.5. The van der Waals surface area contributed by atoms with E-state index >= 15 is 0 Å². The zero-order valence-corrected chi connectivity index (χ0v) is 29.1. The number of aldehydes is 1. The van der Waals surface area contributed by atoms with Crippen molar-refractivity contribution in [2.45, 2.75) is 32.4 Å². The van der Waals surface area contributed by atoms with Gasteiger partial charge in [0.2, 0.25) is 0 Å². The van der Waals surface area contributed by atoms with Crippen molar-refractivity contribution >= 4 is 34.0 Å². The minimum Gasteiger partial charge on any atom is -0.497 e. The molecule has 0 aliphatic carbocycles. The lowest BCUT2D eigenvalue weighted by molar-refractivity contribution is -0.111. The fraction of sp³-hybridized carbons (Fsp3) is 0.289. The van der Waals surface area contributed by atoms with E-state index in [-0.39, 0.29) is 11.8 Å². The highest BCUT2D eigenvalue weighted by atomic mass is 79.9. The summed E-state index contributed by atoms with van der Waals surface area (Å²) in [6.07, 6.45) is 0.906. The average Bonchev–Trinajstić information content (AvgIpc) is 3.35. The maximum atomic E-state index is 12.9. The third kappa shape index (κ3) is 8.17. The number of hydrogen-bond donors (Lipinski definition) is 0. The lowest BCUT2D eigenvalue weighted by atomic mass is 9.85. The second-order valence-electron chi connectivity index (χ2n) is 12.0. The number of rotatable bonds is 8. The number of benzene rings is 4. The highest BCUT2D eigenvalue weighted by Crippen LogP contribution is 2.31. The molecule has 48 heavy (non-hydrogen) atoms. The number of ether oxygens (including phenoxy) is 4. The number of carbonyl (C=O) groups excluding carboxylic acids is 3. The van der Waals surface area contributed by atoms with Crippen LogP contribution in [-0.4, -0.2) is 68.4 Å². The van der Waals surface area contributed by atoms with Crippen molar-refractivity contribution in [2.75, 3.05) is 40.5 Å². The summed E-state index contributed by atoms with van der Waals surface area (Å²) >= 11 is 3.40. The van der Waals surface area contributed by atoms with Crippen LogP contribution < -0.4 is 18.9 Å². The van der Waals surface area contributed by atoms with Crippen molar-refractivity contribution < 1.29 is 33.3 Å². The number of methoxy groups -OCH3 is 2. The van der Waals surface area contributed by atoms with Gasteiger partial charge in [-0.15, -0.1) is 0 Å². The summed E-state index contributed by atoms with van der Waals surface area (Å²) in [5, 5.41) is 0. The highest BCUT2D eigenvalue weighted by molar-refractivity contribution is 9.10. The molecule has 0 atom stereocenters. The predicted octanol–water partition coefficient (Wildman–Crippen LogP) is 6.70. The summed E-state index contributed by atoms with van der Waals surface area (Å²) in [6.45, 7) is 6.73. The van der Waals surface area contributed by atoms with Gasteiger partial charge in [0.25, 0.3) is 11.8 Å². The summed E-state index contributed by atoms with van der Waals surface area (Å²) in [5.41, 5.74) is 3.45. The van der Waals surface area contributed by atoms with E-state index in [0.717, 1.165) is 38.9 Å². The Labute approximate surface area is 289 Å². The predicted molar refractivity (Wildman–Crippen MR) is 186 cm³/mol. The summed E-state index contributed by atoms with van der Waals surface area (Å²) < 4.78 is 22.7. The van der Waals surface area contributed by atoms with Crippen LogP contribution in [0, 0.1) is 0 Å². The fourth-order valence-electron chi connectivity index (χ4n) is 5.36. The number of nitrogens with zero attached hydrogens (tertiary/aromatic N) is 2. The van der Waals surface area contributed by atoms with Gasteiger partial charge in [-0.3, -0.25) is 9.59 Å². The quantitative estimate of drug-likeness (QED) is 0.188. The Bertz CT molecular complexity index is 1760. The van der Waals surface area contributed by atoms with Gasteiger partial charge in [0.05, 0.1) is 38.4 Å². The minimum atomic E-state index is -0.615. The molecular formula is C38H39BrN2O7. The molecule has 10 heteroatoms. The average molecular weight is 716 g/mol. The van der Waals surface area contributed by atoms with Crippen LogP contribution in [0.25, 0.3) is 0 Å². The summed E-state index contributed by atoms with van der Waals surface area (Å²) in [5.74, 6) is 2.70. The Morgan fingerprint density at radius 2 is 1.17 bits per heavy atom. The van der Waals surface area contributed by atoms with Gasteiger partial charge in [-0.05, 0) is 85.1 Å².